The van der Waals surface area contributed by atoms with Crippen molar-refractivity contribution in [2.45, 2.75) is 52.1 Å². The second-order valence-electron chi connectivity index (χ2n) is 6.72. The molecule has 1 aliphatic carbocycles. The smallest absolute Gasteiger partial charge is 0.341 e. The van der Waals surface area contributed by atoms with Crippen LogP contribution in [0.1, 0.15) is 52.5 Å². The zero-order chi connectivity index (χ0) is 19.4. The van der Waals surface area contributed by atoms with E-state index in [0.717, 1.165) is 36.8 Å². The highest BCUT2D eigenvalue weighted by Gasteiger charge is 2.28. The van der Waals surface area contributed by atoms with Gasteiger partial charge in [0.25, 0.3) is 5.91 Å². The summed E-state index contributed by atoms with van der Waals surface area (Å²) in [4.78, 5) is 26.3. The van der Waals surface area contributed by atoms with E-state index in [1.807, 2.05) is 38.1 Å². The molecule has 0 radical (unpaired) electrons. The van der Waals surface area contributed by atoms with E-state index in [0.29, 0.717) is 22.7 Å². The summed E-state index contributed by atoms with van der Waals surface area (Å²) >= 11 is 1.48. The molecule has 0 bridgehead atoms. The lowest BCUT2D eigenvalue weighted by molar-refractivity contribution is -0.122. The summed E-state index contributed by atoms with van der Waals surface area (Å²) in [5, 5.41) is 3.49. The summed E-state index contributed by atoms with van der Waals surface area (Å²) in [7, 11) is 1.37. The summed E-state index contributed by atoms with van der Waals surface area (Å²) < 4.78 is 10.8. The van der Waals surface area contributed by atoms with Crippen molar-refractivity contribution in [3.05, 3.63) is 45.8 Å². The number of ether oxygens (including phenoxy) is 2. The molecule has 0 fully saturated rings. The number of carbonyl (C=O) groups excluding carboxylic acids is 2. The third kappa shape index (κ3) is 4.33. The monoisotopic (exact) mass is 387 g/mol. The van der Waals surface area contributed by atoms with Crippen molar-refractivity contribution in [3.8, 4) is 5.75 Å². The van der Waals surface area contributed by atoms with E-state index in [4.69, 9.17) is 9.47 Å². The van der Waals surface area contributed by atoms with E-state index in [-0.39, 0.29) is 5.91 Å². The molecule has 1 aromatic heterocycles. The number of thiophene rings is 1. The van der Waals surface area contributed by atoms with Crippen LogP contribution < -0.4 is 10.1 Å². The molecule has 3 rings (SSSR count). The van der Waals surface area contributed by atoms with E-state index in [9.17, 15) is 9.59 Å². The second-order valence-corrected chi connectivity index (χ2v) is 7.83. The van der Waals surface area contributed by atoms with Crippen LogP contribution in [0.25, 0.3) is 0 Å². The Labute approximate surface area is 163 Å². The lowest BCUT2D eigenvalue weighted by Gasteiger charge is -2.17. The van der Waals surface area contributed by atoms with Crippen molar-refractivity contribution in [1.82, 2.24) is 0 Å². The van der Waals surface area contributed by atoms with Gasteiger partial charge in [0.05, 0.1) is 12.7 Å². The average Bonchev–Trinajstić information content (AvgIpc) is 3.04. The number of anilines is 1. The van der Waals surface area contributed by atoms with Crippen molar-refractivity contribution >= 4 is 28.2 Å². The lowest BCUT2D eigenvalue weighted by atomic mass is 9.95. The molecule has 0 spiro atoms. The van der Waals surface area contributed by atoms with Gasteiger partial charge in [-0.1, -0.05) is 24.6 Å². The first-order chi connectivity index (χ1) is 13.0. The summed E-state index contributed by atoms with van der Waals surface area (Å²) in [6, 6.07) is 7.61. The third-order valence-electron chi connectivity index (χ3n) is 4.76. The lowest BCUT2D eigenvalue weighted by Crippen LogP contribution is -2.32. The number of benzene rings is 1. The molecular weight excluding hydrogens is 362 g/mol. The Morgan fingerprint density at radius 1 is 1.19 bits per heavy atom. The number of amides is 1. The minimum Gasteiger partial charge on any atom is -0.481 e. The Morgan fingerprint density at radius 2 is 1.89 bits per heavy atom. The molecule has 27 heavy (non-hydrogen) atoms. The quantitative estimate of drug-likeness (QED) is 0.740. The maximum absolute atomic E-state index is 12.8. The normalized spacial score (nSPS) is 14.2. The molecule has 1 unspecified atom stereocenters. The van der Waals surface area contributed by atoms with Gasteiger partial charge in [0.2, 0.25) is 0 Å². The van der Waals surface area contributed by atoms with E-state index in [1.165, 1.54) is 23.3 Å². The fourth-order valence-corrected chi connectivity index (χ4v) is 4.55. The van der Waals surface area contributed by atoms with Gasteiger partial charge in [-0.25, -0.2) is 4.79 Å². The molecule has 1 N–H and O–H groups in total. The highest BCUT2D eigenvalue weighted by Crippen LogP contribution is 2.38. The number of rotatable bonds is 6. The molecular formula is C21H25NO4S. The maximum atomic E-state index is 12.8. The Morgan fingerprint density at radius 3 is 2.56 bits per heavy atom. The maximum Gasteiger partial charge on any atom is 0.341 e. The van der Waals surface area contributed by atoms with Crippen LogP contribution in [-0.4, -0.2) is 25.1 Å². The van der Waals surface area contributed by atoms with E-state index in [1.54, 1.807) is 0 Å². The standard InChI is InChI=1S/C21H25NO4S/c1-4-16(26-14-11-9-13(2)10-12-14)19(23)22-20-18(21(24)25-3)15-7-5-6-8-17(15)27-20/h9-12,16H,4-8H2,1-3H3,(H,22,23). The summed E-state index contributed by atoms with van der Waals surface area (Å²) in [6.07, 6.45) is 3.85. The van der Waals surface area contributed by atoms with E-state index < -0.39 is 12.1 Å². The number of carbonyl (C=O) groups is 2. The molecule has 0 saturated heterocycles. The Balaban J connectivity index is 1.80. The van der Waals surface area contributed by atoms with Crippen LogP contribution in [0, 0.1) is 6.92 Å². The first kappa shape index (κ1) is 19.4. The minimum absolute atomic E-state index is 0.248. The van der Waals surface area contributed by atoms with Crippen LogP contribution in [0.3, 0.4) is 0 Å². The number of hydrogen-bond donors (Lipinski definition) is 1. The SMILES string of the molecule is CCC(Oc1ccc(C)cc1)C(=O)Nc1sc2c(c1C(=O)OC)CCCC2. The van der Waals surface area contributed by atoms with Gasteiger partial charge < -0.3 is 14.8 Å². The summed E-state index contributed by atoms with van der Waals surface area (Å²) in [5.41, 5.74) is 2.67. The fourth-order valence-electron chi connectivity index (χ4n) is 3.27. The molecule has 1 atom stereocenters. The molecule has 1 amide bonds. The van der Waals surface area contributed by atoms with Gasteiger partial charge in [-0.05, 0) is 56.7 Å². The first-order valence-corrected chi connectivity index (χ1v) is 10.1. The Kier molecular flexibility index (Phi) is 6.16. The van der Waals surface area contributed by atoms with Gasteiger partial charge in [-0.15, -0.1) is 11.3 Å². The molecule has 1 aliphatic rings. The largest absolute Gasteiger partial charge is 0.481 e. The highest BCUT2D eigenvalue weighted by atomic mass is 32.1. The number of aryl methyl sites for hydroxylation is 2. The molecule has 6 heteroatoms. The number of hydrogen-bond acceptors (Lipinski definition) is 5. The predicted molar refractivity (Wildman–Crippen MR) is 107 cm³/mol. The van der Waals surface area contributed by atoms with Gasteiger partial charge in [0.15, 0.2) is 6.10 Å². The van der Waals surface area contributed by atoms with Crippen LogP contribution >= 0.6 is 11.3 Å². The van der Waals surface area contributed by atoms with Gasteiger partial charge >= 0.3 is 5.97 Å². The minimum atomic E-state index is -0.627. The summed E-state index contributed by atoms with van der Waals surface area (Å²) in [6.45, 7) is 3.90. The number of fused-ring (bicyclic) bond motifs is 1. The molecule has 5 nitrogen and oxygen atoms in total. The van der Waals surface area contributed by atoms with Gasteiger partial charge in [-0.2, -0.15) is 0 Å². The predicted octanol–water partition coefficient (Wildman–Crippen LogP) is 4.52. The molecule has 1 heterocycles. The third-order valence-corrected chi connectivity index (χ3v) is 5.97. The van der Waals surface area contributed by atoms with Crippen molar-refractivity contribution < 1.29 is 19.1 Å². The van der Waals surface area contributed by atoms with Crippen LogP contribution in [-0.2, 0) is 22.4 Å². The van der Waals surface area contributed by atoms with Crippen LogP contribution in [0.2, 0.25) is 0 Å². The fraction of sp³-hybridized carbons (Fsp3) is 0.429. The first-order valence-electron chi connectivity index (χ1n) is 9.30. The Bertz CT molecular complexity index is 825. The Hall–Kier alpha value is -2.34. The molecule has 2 aromatic rings. The zero-order valence-corrected chi connectivity index (χ0v) is 16.8. The van der Waals surface area contributed by atoms with E-state index in [2.05, 4.69) is 5.32 Å². The van der Waals surface area contributed by atoms with E-state index >= 15 is 0 Å². The number of nitrogens with one attached hydrogen (secondary N) is 1. The van der Waals surface area contributed by atoms with Crippen molar-refractivity contribution in [1.29, 1.82) is 0 Å². The van der Waals surface area contributed by atoms with Gasteiger partial charge in [-0.3, -0.25) is 4.79 Å². The second kappa shape index (κ2) is 8.57. The molecule has 1 aromatic carbocycles. The number of methoxy groups -OCH3 is 1. The average molecular weight is 388 g/mol. The van der Waals surface area contributed by atoms with Gasteiger partial charge in [0, 0.05) is 4.88 Å². The van der Waals surface area contributed by atoms with Crippen LogP contribution in [0.4, 0.5) is 5.00 Å². The molecule has 0 aliphatic heterocycles. The highest BCUT2D eigenvalue weighted by molar-refractivity contribution is 7.17. The molecule has 0 saturated carbocycles. The number of esters is 1. The van der Waals surface area contributed by atoms with Crippen molar-refractivity contribution in [3.63, 3.8) is 0 Å². The van der Waals surface area contributed by atoms with Crippen LogP contribution in [0.5, 0.6) is 5.75 Å². The topological polar surface area (TPSA) is 64.6 Å². The van der Waals surface area contributed by atoms with Crippen molar-refractivity contribution in [2.24, 2.45) is 0 Å². The van der Waals surface area contributed by atoms with Crippen LogP contribution in [0.15, 0.2) is 24.3 Å². The summed E-state index contributed by atoms with van der Waals surface area (Å²) in [5.74, 6) is 0.0142. The molecule has 144 valence electrons. The van der Waals surface area contributed by atoms with Gasteiger partial charge in [0.1, 0.15) is 10.8 Å². The van der Waals surface area contributed by atoms with Crippen molar-refractivity contribution in [2.75, 3.05) is 12.4 Å². The zero-order valence-electron chi connectivity index (χ0n) is 16.0.